The maximum atomic E-state index is 13.1. The van der Waals surface area contributed by atoms with E-state index in [2.05, 4.69) is 15.3 Å². The van der Waals surface area contributed by atoms with Crippen molar-refractivity contribution in [3.8, 4) is 16.9 Å². The van der Waals surface area contributed by atoms with E-state index in [1.54, 1.807) is 11.8 Å². The second-order valence-corrected chi connectivity index (χ2v) is 7.72. The van der Waals surface area contributed by atoms with Gasteiger partial charge >= 0.3 is 0 Å². The summed E-state index contributed by atoms with van der Waals surface area (Å²) in [7, 11) is 3.48. The van der Waals surface area contributed by atoms with Crippen LogP contribution < -0.4 is 15.0 Å². The molecule has 3 aromatic rings. The monoisotopic (exact) mass is 420 g/mol. The molecule has 0 atom stereocenters. The van der Waals surface area contributed by atoms with Crippen LogP contribution in [0.3, 0.4) is 0 Å². The summed E-state index contributed by atoms with van der Waals surface area (Å²) in [5, 5.41) is 7.59. The van der Waals surface area contributed by atoms with Gasteiger partial charge in [0.05, 0.1) is 26.0 Å². The van der Waals surface area contributed by atoms with Crippen molar-refractivity contribution < 1.29 is 14.3 Å². The first kappa shape index (κ1) is 20.9. The number of rotatable bonds is 5. The number of ether oxygens (including phenoxy) is 2. The molecule has 4 rings (SSSR count). The fraction of sp³-hybridized carbons (Fsp3) is 0.333. The van der Waals surface area contributed by atoms with Gasteiger partial charge in [-0.2, -0.15) is 5.10 Å². The highest BCUT2D eigenvalue weighted by atomic mass is 16.5. The number of benzene rings is 2. The Bertz CT molecular complexity index is 1080. The molecule has 1 fully saturated rings. The normalized spacial score (nSPS) is 13.9. The van der Waals surface area contributed by atoms with E-state index < -0.39 is 0 Å². The molecule has 1 aliphatic rings. The summed E-state index contributed by atoms with van der Waals surface area (Å²) >= 11 is 0. The van der Waals surface area contributed by atoms with E-state index in [1.807, 2.05) is 63.4 Å². The minimum Gasteiger partial charge on any atom is -0.497 e. The molecular formula is C24H28N4O3. The third-order valence-electron chi connectivity index (χ3n) is 5.64. The Morgan fingerprint density at radius 1 is 1.10 bits per heavy atom. The molecule has 0 radical (unpaired) electrons. The molecule has 0 saturated carbocycles. The number of nitrogens with zero attached hydrogens (tertiary/aromatic N) is 3. The van der Waals surface area contributed by atoms with E-state index in [1.165, 1.54) is 0 Å². The Kier molecular flexibility index (Phi) is 5.95. The number of amides is 1. The lowest BCUT2D eigenvalue weighted by molar-refractivity contribution is 0.102. The summed E-state index contributed by atoms with van der Waals surface area (Å²) in [6, 6.07) is 13.6. The van der Waals surface area contributed by atoms with Crippen molar-refractivity contribution >= 4 is 17.4 Å². The SMILES string of the molecule is COc1ccc(-c2c(C)nn(C)c2NC(=O)c2ccc(N3CCOCC3)c(C)c2)cc1. The van der Waals surface area contributed by atoms with E-state index >= 15 is 0 Å². The van der Waals surface area contributed by atoms with E-state index in [0.717, 1.165) is 60.1 Å². The van der Waals surface area contributed by atoms with Gasteiger partial charge in [0.25, 0.3) is 5.91 Å². The maximum Gasteiger partial charge on any atom is 0.256 e. The third kappa shape index (κ3) is 4.27. The highest BCUT2D eigenvalue weighted by molar-refractivity contribution is 6.06. The molecule has 7 nitrogen and oxygen atoms in total. The van der Waals surface area contributed by atoms with Crippen molar-refractivity contribution in [2.24, 2.45) is 7.05 Å². The molecule has 2 heterocycles. The third-order valence-corrected chi connectivity index (χ3v) is 5.64. The highest BCUT2D eigenvalue weighted by Crippen LogP contribution is 2.32. The number of methoxy groups -OCH3 is 1. The first-order valence-corrected chi connectivity index (χ1v) is 10.4. The van der Waals surface area contributed by atoms with Crippen LogP contribution in [0.15, 0.2) is 42.5 Å². The van der Waals surface area contributed by atoms with Gasteiger partial charge < -0.3 is 19.7 Å². The molecule has 162 valence electrons. The van der Waals surface area contributed by atoms with Crippen LogP contribution in [0.5, 0.6) is 5.75 Å². The van der Waals surface area contributed by atoms with Gasteiger partial charge in [0.15, 0.2) is 0 Å². The Labute approximate surface area is 182 Å². The predicted octanol–water partition coefficient (Wildman–Crippen LogP) is 3.80. The van der Waals surface area contributed by atoms with Crippen molar-refractivity contribution in [1.82, 2.24) is 9.78 Å². The van der Waals surface area contributed by atoms with Crippen molar-refractivity contribution in [2.45, 2.75) is 13.8 Å². The van der Waals surface area contributed by atoms with Crippen LogP contribution in [0.1, 0.15) is 21.6 Å². The minimum atomic E-state index is -0.158. The predicted molar refractivity (Wildman–Crippen MR) is 122 cm³/mol. The van der Waals surface area contributed by atoms with Crippen molar-refractivity contribution in [1.29, 1.82) is 0 Å². The second kappa shape index (κ2) is 8.81. The standard InChI is InChI=1S/C24H28N4O3/c1-16-15-19(7-10-21(16)28-11-13-31-14-12-28)24(29)25-23-22(17(2)26-27(23)3)18-5-8-20(30-4)9-6-18/h5-10,15H,11-14H2,1-4H3,(H,25,29). The lowest BCUT2D eigenvalue weighted by Crippen LogP contribution is -2.36. The lowest BCUT2D eigenvalue weighted by atomic mass is 10.0. The number of aryl methyl sites for hydroxylation is 3. The summed E-state index contributed by atoms with van der Waals surface area (Å²) in [4.78, 5) is 15.4. The Balaban J connectivity index is 1.59. The number of carbonyl (C=O) groups excluding carboxylic acids is 1. The lowest BCUT2D eigenvalue weighted by Gasteiger charge is -2.30. The Hall–Kier alpha value is -3.32. The summed E-state index contributed by atoms with van der Waals surface area (Å²) in [6.45, 7) is 7.18. The Morgan fingerprint density at radius 2 is 1.81 bits per heavy atom. The fourth-order valence-corrected chi connectivity index (χ4v) is 4.04. The van der Waals surface area contributed by atoms with Crippen LogP contribution in [-0.4, -0.2) is 49.1 Å². The van der Waals surface area contributed by atoms with Gasteiger partial charge in [0, 0.05) is 37.0 Å². The number of nitrogens with one attached hydrogen (secondary N) is 1. The summed E-state index contributed by atoms with van der Waals surface area (Å²) in [5.74, 6) is 1.30. The number of carbonyl (C=O) groups is 1. The average molecular weight is 421 g/mol. The average Bonchev–Trinajstić information content (AvgIpc) is 3.06. The molecule has 31 heavy (non-hydrogen) atoms. The van der Waals surface area contributed by atoms with Gasteiger partial charge in [-0.05, 0) is 55.3 Å². The molecule has 7 heteroatoms. The fourth-order valence-electron chi connectivity index (χ4n) is 4.04. The zero-order valence-electron chi connectivity index (χ0n) is 18.4. The first-order chi connectivity index (χ1) is 15.0. The molecule has 1 N–H and O–H groups in total. The van der Waals surface area contributed by atoms with E-state index in [0.29, 0.717) is 11.4 Å². The topological polar surface area (TPSA) is 68.6 Å². The van der Waals surface area contributed by atoms with Crippen LogP contribution in [0.25, 0.3) is 11.1 Å². The number of morpholine rings is 1. The van der Waals surface area contributed by atoms with Gasteiger partial charge in [0.1, 0.15) is 11.6 Å². The number of hydrogen-bond acceptors (Lipinski definition) is 5. The molecule has 0 spiro atoms. The summed E-state index contributed by atoms with van der Waals surface area (Å²) < 4.78 is 12.4. The smallest absolute Gasteiger partial charge is 0.256 e. The minimum absolute atomic E-state index is 0.158. The quantitative estimate of drug-likeness (QED) is 0.680. The van der Waals surface area contributed by atoms with Crippen molar-refractivity contribution in [2.75, 3.05) is 43.6 Å². The largest absolute Gasteiger partial charge is 0.497 e. The summed E-state index contributed by atoms with van der Waals surface area (Å²) in [5.41, 5.74) is 5.57. The van der Waals surface area contributed by atoms with Crippen LogP contribution >= 0.6 is 0 Å². The van der Waals surface area contributed by atoms with Gasteiger partial charge in [-0.1, -0.05) is 12.1 Å². The molecule has 1 aromatic heterocycles. The van der Waals surface area contributed by atoms with Crippen LogP contribution in [0.2, 0.25) is 0 Å². The van der Waals surface area contributed by atoms with Crippen LogP contribution in [0.4, 0.5) is 11.5 Å². The number of anilines is 2. The van der Waals surface area contributed by atoms with Gasteiger partial charge in [-0.3, -0.25) is 9.48 Å². The zero-order chi connectivity index (χ0) is 22.0. The molecule has 0 bridgehead atoms. The van der Waals surface area contributed by atoms with Gasteiger partial charge in [0.2, 0.25) is 0 Å². The van der Waals surface area contributed by atoms with E-state index in [9.17, 15) is 4.79 Å². The van der Waals surface area contributed by atoms with Crippen molar-refractivity contribution in [3.63, 3.8) is 0 Å². The molecule has 2 aromatic carbocycles. The molecule has 1 aliphatic heterocycles. The van der Waals surface area contributed by atoms with Crippen molar-refractivity contribution in [3.05, 3.63) is 59.3 Å². The van der Waals surface area contributed by atoms with Crippen LogP contribution in [-0.2, 0) is 11.8 Å². The molecular weight excluding hydrogens is 392 g/mol. The molecule has 1 saturated heterocycles. The second-order valence-electron chi connectivity index (χ2n) is 7.72. The van der Waals surface area contributed by atoms with Gasteiger partial charge in [-0.25, -0.2) is 0 Å². The van der Waals surface area contributed by atoms with E-state index in [-0.39, 0.29) is 5.91 Å². The maximum absolute atomic E-state index is 13.1. The highest BCUT2D eigenvalue weighted by Gasteiger charge is 2.20. The van der Waals surface area contributed by atoms with E-state index in [4.69, 9.17) is 9.47 Å². The Morgan fingerprint density at radius 3 is 2.45 bits per heavy atom. The van der Waals surface area contributed by atoms with Crippen LogP contribution in [0, 0.1) is 13.8 Å². The summed E-state index contributed by atoms with van der Waals surface area (Å²) in [6.07, 6.45) is 0. The molecule has 0 unspecified atom stereocenters. The zero-order valence-corrected chi connectivity index (χ0v) is 18.4. The molecule has 1 amide bonds. The molecule has 0 aliphatic carbocycles. The van der Waals surface area contributed by atoms with Gasteiger partial charge in [-0.15, -0.1) is 0 Å². The first-order valence-electron chi connectivity index (χ1n) is 10.4. The number of aromatic nitrogens is 2. The number of hydrogen-bond donors (Lipinski definition) is 1.